The van der Waals surface area contributed by atoms with Crippen molar-refractivity contribution in [3.63, 3.8) is 0 Å². The molecule has 88 valence electrons. The molecule has 0 aliphatic carbocycles. The standard InChI is InChI=1S/C9H16N2O4.Li.H/c1-9(2,3)15-8(14)11-6(7(12)13)4-5-10-11;;/h6,10H,4-5H2,1-3H3,(H,12,13);;/q;+1;-1. The van der Waals surface area contributed by atoms with Crippen LogP contribution in [0.5, 0.6) is 0 Å². The van der Waals surface area contributed by atoms with E-state index in [-0.39, 0.29) is 20.3 Å². The molecule has 1 rings (SSSR count). The van der Waals surface area contributed by atoms with E-state index in [0.717, 1.165) is 5.01 Å². The summed E-state index contributed by atoms with van der Waals surface area (Å²) < 4.78 is 5.06. The fourth-order valence-corrected chi connectivity index (χ4v) is 1.30. The van der Waals surface area contributed by atoms with Gasteiger partial charge in [0.1, 0.15) is 5.60 Å². The van der Waals surface area contributed by atoms with E-state index in [4.69, 9.17) is 9.84 Å². The van der Waals surface area contributed by atoms with Crippen LogP contribution in [0.2, 0.25) is 0 Å². The molecular weight excluding hydrogens is 207 g/mol. The first-order valence-electron chi connectivity index (χ1n) is 4.80. The minimum absolute atomic E-state index is 0. The summed E-state index contributed by atoms with van der Waals surface area (Å²) in [7, 11) is 0. The van der Waals surface area contributed by atoms with Gasteiger partial charge in [-0.15, -0.1) is 0 Å². The summed E-state index contributed by atoms with van der Waals surface area (Å²) in [5.41, 5.74) is 2.07. The second-order valence-electron chi connectivity index (χ2n) is 4.40. The average Bonchev–Trinajstić information content (AvgIpc) is 2.47. The van der Waals surface area contributed by atoms with Gasteiger partial charge < -0.3 is 11.3 Å². The summed E-state index contributed by atoms with van der Waals surface area (Å²) in [6.45, 7) is 5.67. The van der Waals surface area contributed by atoms with Gasteiger partial charge in [-0.2, -0.15) is 0 Å². The maximum absolute atomic E-state index is 11.6. The number of hydrogen-bond acceptors (Lipinski definition) is 4. The molecule has 1 heterocycles. The third-order valence-corrected chi connectivity index (χ3v) is 1.89. The normalized spacial score (nSPS) is 20.2. The van der Waals surface area contributed by atoms with E-state index in [0.29, 0.717) is 13.0 Å². The molecule has 1 unspecified atom stereocenters. The smallest absolute Gasteiger partial charge is 1.00 e. The molecule has 1 aliphatic heterocycles. The van der Waals surface area contributed by atoms with Crippen LogP contribution in [0, 0.1) is 0 Å². The maximum Gasteiger partial charge on any atom is 1.00 e. The van der Waals surface area contributed by atoms with E-state index < -0.39 is 23.7 Å². The third-order valence-electron chi connectivity index (χ3n) is 1.89. The van der Waals surface area contributed by atoms with E-state index in [1.807, 2.05) is 0 Å². The van der Waals surface area contributed by atoms with Gasteiger partial charge >= 0.3 is 30.9 Å². The quantitative estimate of drug-likeness (QED) is 0.490. The number of carboxylic acids is 1. The molecule has 0 radical (unpaired) electrons. The van der Waals surface area contributed by atoms with Crippen LogP contribution in [0.25, 0.3) is 0 Å². The van der Waals surface area contributed by atoms with Crippen LogP contribution in [-0.2, 0) is 9.53 Å². The van der Waals surface area contributed by atoms with Crippen molar-refractivity contribution in [1.29, 1.82) is 0 Å². The van der Waals surface area contributed by atoms with Gasteiger partial charge in [0.25, 0.3) is 0 Å². The summed E-state index contributed by atoms with van der Waals surface area (Å²) >= 11 is 0. The Bertz CT molecular complexity index is 283. The summed E-state index contributed by atoms with van der Waals surface area (Å²) in [5, 5.41) is 9.88. The first-order valence-corrected chi connectivity index (χ1v) is 4.80. The molecule has 1 fully saturated rings. The zero-order valence-electron chi connectivity index (χ0n) is 11.1. The van der Waals surface area contributed by atoms with Crippen molar-refractivity contribution in [1.82, 2.24) is 10.4 Å². The van der Waals surface area contributed by atoms with Crippen molar-refractivity contribution in [3.05, 3.63) is 0 Å². The van der Waals surface area contributed by atoms with Crippen molar-refractivity contribution in [2.75, 3.05) is 6.54 Å². The molecule has 0 spiro atoms. The molecule has 2 N–H and O–H groups in total. The van der Waals surface area contributed by atoms with Crippen molar-refractivity contribution < 1.29 is 39.7 Å². The van der Waals surface area contributed by atoms with Crippen LogP contribution in [0.1, 0.15) is 28.6 Å². The van der Waals surface area contributed by atoms with Gasteiger partial charge in [-0.1, -0.05) is 0 Å². The molecule has 7 heteroatoms. The number of hydrogen-bond donors (Lipinski definition) is 2. The fourth-order valence-electron chi connectivity index (χ4n) is 1.30. The van der Waals surface area contributed by atoms with E-state index in [1.54, 1.807) is 20.8 Å². The number of nitrogens with zero attached hydrogens (tertiary/aromatic N) is 1. The zero-order valence-corrected chi connectivity index (χ0v) is 10.1. The third kappa shape index (κ3) is 4.04. The Kier molecular flexibility index (Phi) is 5.33. The minimum Gasteiger partial charge on any atom is -1.00 e. The number of rotatable bonds is 1. The van der Waals surface area contributed by atoms with Crippen molar-refractivity contribution in [2.24, 2.45) is 0 Å². The predicted molar refractivity (Wildman–Crippen MR) is 53.2 cm³/mol. The summed E-state index contributed by atoms with van der Waals surface area (Å²) in [5.74, 6) is -1.02. The van der Waals surface area contributed by atoms with Gasteiger partial charge in [0.2, 0.25) is 0 Å². The van der Waals surface area contributed by atoms with Gasteiger partial charge in [0.05, 0.1) is 0 Å². The number of aliphatic carboxylic acids is 1. The molecule has 1 atom stereocenters. The van der Waals surface area contributed by atoms with E-state index in [2.05, 4.69) is 5.43 Å². The molecule has 1 saturated heterocycles. The predicted octanol–water partition coefficient (Wildman–Crippen LogP) is -2.30. The van der Waals surface area contributed by atoms with E-state index in [1.165, 1.54) is 0 Å². The molecule has 0 aromatic carbocycles. The van der Waals surface area contributed by atoms with Crippen LogP contribution >= 0.6 is 0 Å². The number of amides is 1. The fraction of sp³-hybridized carbons (Fsp3) is 0.778. The van der Waals surface area contributed by atoms with E-state index >= 15 is 0 Å². The summed E-state index contributed by atoms with van der Waals surface area (Å²) in [6, 6.07) is -0.833. The summed E-state index contributed by atoms with van der Waals surface area (Å²) in [4.78, 5) is 22.3. The molecule has 0 aromatic heterocycles. The van der Waals surface area contributed by atoms with Crippen molar-refractivity contribution in [2.45, 2.75) is 38.8 Å². The Morgan fingerprint density at radius 1 is 1.50 bits per heavy atom. The molecule has 1 aliphatic rings. The van der Waals surface area contributed by atoms with Crippen LogP contribution in [0.15, 0.2) is 0 Å². The first kappa shape index (κ1) is 15.3. The molecule has 16 heavy (non-hydrogen) atoms. The molecule has 1 amide bonds. The Hall–Kier alpha value is -0.703. The Morgan fingerprint density at radius 3 is 2.50 bits per heavy atom. The number of hydrazine groups is 1. The van der Waals surface area contributed by atoms with E-state index in [9.17, 15) is 9.59 Å². The number of nitrogens with one attached hydrogen (secondary N) is 1. The molecular formula is C9H17LiN2O4. The van der Waals surface area contributed by atoms with Gasteiger partial charge in [-0.25, -0.2) is 20.0 Å². The number of carbonyl (C=O) groups is 2. The zero-order chi connectivity index (χ0) is 11.6. The van der Waals surface area contributed by atoms with Crippen LogP contribution in [0.3, 0.4) is 0 Å². The van der Waals surface area contributed by atoms with Crippen LogP contribution in [-0.4, -0.2) is 40.4 Å². The van der Waals surface area contributed by atoms with Gasteiger partial charge in [-0.3, -0.25) is 0 Å². The second-order valence-corrected chi connectivity index (χ2v) is 4.40. The summed E-state index contributed by atoms with van der Waals surface area (Å²) in [6.07, 6.45) is -0.249. The van der Waals surface area contributed by atoms with Gasteiger partial charge in [0, 0.05) is 6.54 Å². The van der Waals surface area contributed by atoms with Gasteiger partial charge in [-0.05, 0) is 27.2 Å². The van der Waals surface area contributed by atoms with Crippen molar-refractivity contribution in [3.8, 4) is 0 Å². The Balaban J connectivity index is 0. The van der Waals surface area contributed by atoms with Crippen LogP contribution < -0.4 is 24.3 Å². The Labute approximate surface area is 108 Å². The maximum atomic E-state index is 11.6. The first-order chi connectivity index (χ1) is 6.81. The molecule has 0 saturated carbocycles. The largest absolute Gasteiger partial charge is 1.00 e. The monoisotopic (exact) mass is 224 g/mol. The minimum atomic E-state index is -1.02. The average molecular weight is 224 g/mol. The number of carbonyl (C=O) groups excluding carboxylic acids is 1. The topological polar surface area (TPSA) is 78.9 Å². The molecule has 0 aromatic rings. The molecule has 6 nitrogen and oxygen atoms in total. The number of ether oxygens (including phenoxy) is 1. The molecule has 0 bridgehead atoms. The van der Waals surface area contributed by atoms with Crippen molar-refractivity contribution >= 4 is 12.1 Å². The van der Waals surface area contributed by atoms with Crippen LogP contribution in [0.4, 0.5) is 4.79 Å². The SMILES string of the molecule is CC(C)(C)OC(=O)N1NCCC1C(=O)O.[H-].[Li+]. The number of carboxylic acid groups (broad SMARTS) is 1. The second kappa shape index (κ2) is 5.57. The Morgan fingerprint density at radius 2 is 2.06 bits per heavy atom. The van der Waals surface area contributed by atoms with Gasteiger partial charge in [0.15, 0.2) is 6.04 Å².